The molecule has 114 valence electrons. The zero-order valence-corrected chi connectivity index (χ0v) is 13.0. The van der Waals surface area contributed by atoms with E-state index < -0.39 is 6.10 Å². The molecule has 21 heavy (non-hydrogen) atoms. The molecule has 3 unspecified atom stereocenters. The van der Waals surface area contributed by atoms with Crippen LogP contribution in [0.25, 0.3) is 0 Å². The summed E-state index contributed by atoms with van der Waals surface area (Å²) in [5.41, 5.74) is 2.32. The van der Waals surface area contributed by atoms with Gasteiger partial charge in [-0.3, -0.25) is 0 Å². The van der Waals surface area contributed by atoms with Crippen LogP contribution in [0.2, 0.25) is 0 Å². The molecule has 0 amide bonds. The van der Waals surface area contributed by atoms with Gasteiger partial charge in [-0.15, -0.1) is 0 Å². The van der Waals surface area contributed by atoms with E-state index in [1.54, 1.807) is 7.11 Å². The highest BCUT2D eigenvalue weighted by atomic mass is 16.5. The predicted octanol–water partition coefficient (Wildman–Crippen LogP) is 3.87. The minimum absolute atomic E-state index is 0.0886. The van der Waals surface area contributed by atoms with Crippen LogP contribution in [0.15, 0.2) is 29.8 Å². The maximum atomic E-state index is 10.4. The Morgan fingerprint density at radius 3 is 2.81 bits per heavy atom. The number of methoxy groups -OCH3 is 1. The Morgan fingerprint density at radius 2 is 2.10 bits per heavy atom. The van der Waals surface area contributed by atoms with Gasteiger partial charge in [0, 0.05) is 24.0 Å². The van der Waals surface area contributed by atoms with Crippen LogP contribution in [-0.4, -0.2) is 18.3 Å². The molecule has 3 rings (SSSR count). The van der Waals surface area contributed by atoms with Crippen LogP contribution in [0.3, 0.4) is 0 Å². The first kappa shape index (κ1) is 14.5. The van der Waals surface area contributed by atoms with Crippen LogP contribution in [0.4, 0.5) is 0 Å². The van der Waals surface area contributed by atoms with Crippen LogP contribution in [-0.2, 0) is 0 Å². The smallest absolute Gasteiger partial charge is 0.129 e. The van der Waals surface area contributed by atoms with Gasteiger partial charge in [-0.1, -0.05) is 18.6 Å². The van der Waals surface area contributed by atoms with Crippen LogP contribution < -0.4 is 9.47 Å². The van der Waals surface area contributed by atoms with Crippen molar-refractivity contribution in [1.82, 2.24) is 0 Å². The lowest BCUT2D eigenvalue weighted by molar-refractivity contribution is 0.0271. The van der Waals surface area contributed by atoms with Gasteiger partial charge in [-0.2, -0.15) is 0 Å². The second-order valence-electron chi connectivity index (χ2n) is 6.50. The molecule has 0 radical (unpaired) electrons. The quantitative estimate of drug-likeness (QED) is 0.840. The predicted molar refractivity (Wildman–Crippen MR) is 82.6 cm³/mol. The second-order valence-corrected chi connectivity index (χ2v) is 6.50. The second kappa shape index (κ2) is 5.72. The van der Waals surface area contributed by atoms with Gasteiger partial charge in [0.1, 0.15) is 17.6 Å². The summed E-state index contributed by atoms with van der Waals surface area (Å²) in [6.45, 7) is 4.45. The van der Waals surface area contributed by atoms with E-state index in [4.69, 9.17) is 9.47 Å². The number of benzene rings is 1. The zero-order valence-electron chi connectivity index (χ0n) is 13.0. The van der Waals surface area contributed by atoms with Crippen LogP contribution in [0.1, 0.15) is 44.8 Å². The van der Waals surface area contributed by atoms with Crippen molar-refractivity contribution in [2.45, 2.75) is 45.3 Å². The average molecular weight is 288 g/mol. The normalized spacial score (nSPS) is 31.9. The minimum atomic E-state index is -0.439. The van der Waals surface area contributed by atoms with Gasteiger partial charge in [-0.25, -0.2) is 0 Å². The third-order valence-electron chi connectivity index (χ3n) is 4.67. The highest BCUT2D eigenvalue weighted by Gasteiger charge is 2.34. The summed E-state index contributed by atoms with van der Waals surface area (Å²) in [7, 11) is 1.65. The number of hydrogen-bond acceptors (Lipinski definition) is 3. The van der Waals surface area contributed by atoms with E-state index in [1.165, 1.54) is 5.57 Å². The third kappa shape index (κ3) is 2.93. The molecule has 0 bridgehead atoms. The van der Waals surface area contributed by atoms with Gasteiger partial charge < -0.3 is 14.6 Å². The summed E-state index contributed by atoms with van der Waals surface area (Å²) >= 11 is 0. The Hall–Kier alpha value is -1.48. The van der Waals surface area contributed by atoms with E-state index in [1.807, 2.05) is 18.2 Å². The van der Waals surface area contributed by atoms with Crippen molar-refractivity contribution in [2.24, 2.45) is 11.8 Å². The minimum Gasteiger partial charge on any atom is -0.497 e. The van der Waals surface area contributed by atoms with Gasteiger partial charge in [0.2, 0.25) is 0 Å². The topological polar surface area (TPSA) is 38.7 Å². The first-order chi connectivity index (χ1) is 10.1. The average Bonchev–Trinajstić information content (AvgIpc) is 2.45. The lowest BCUT2D eigenvalue weighted by Crippen LogP contribution is -2.35. The first-order valence-corrected chi connectivity index (χ1v) is 7.76. The lowest BCUT2D eigenvalue weighted by Gasteiger charge is -2.37. The highest BCUT2D eigenvalue weighted by Crippen LogP contribution is 2.42. The number of hydrogen-bond donors (Lipinski definition) is 1. The fourth-order valence-electron chi connectivity index (χ4n) is 3.75. The molecule has 1 N–H and O–H groups in total. The number of allylic oxidation sites excluding steroid dienone is 2. The number of aliphatic hydroxyl groups excluding tert-OH is 1. The Bertz CT molecular complexity index is 549. The van der Waals surface area contributed by atoms with Gasteiger partial charge in [0.15, 0.2) is 0 Å². The van der Waals surface area contributed by atoms with Gasteiger partial charge >= 0.3 is 0 Å². The molecule has 0 fully saturated rings. The van der Waals surface area contributed by atoms with Crippen molar-refractivity contribution in [3.8, 4) is 11.5 Å². The van der Waals surface area contributed by atoms with Crippen molar-refractivity contribution < 1.29 is 14.6 Å². The van der Waals surface area contributed by atoms with E-state index in [0.717, 1.165) is 29.9 Å². The number of ether oxygens (including phenoxy) is 2. The summed E-state index contributed by atoms with van der Waals surface area (Å²) < 4.78 is 11.5. The number of fused-ring (bicyclic) bond motifs is 1. The fraction of sp³-hybridized carbons (Fsp3) is 0.556. The molecular weight excluding hydrogens is 264 g/mol. The largest absolute Gasteiger partial charge is 0.497 e. The summed E-state index contributed by atoms with van der Waals surface area (Å²) in [6.07, 6.45) is 4.89. The van der Waals surface area contributed by atoms with Gasteiger partial charge in [0.05, 0.1) is 13.2 Å². The molecule has 1 aliphatic heterocycles. The molecule has 4 atom stereocenters. The van der Waals surface area contributed by atoms with Crippen LogP contribution in [0, 0.1) is 11.8 Å². The van der Waals surface area contributed by atoms with E-state index in [-0.39, 0.29) is 6.10 Å². The third-order valence-corrected chi connectivity index (χ3v) is 4.67. The molecular formula is C18H24O3. The lowest BCUT2D eigenvalue weighted by atomic mass is 9.78. The Kier molecular flexibility index (Phi) is 3.94. The van der Waals surface area contributed by atoms with E-state index in [9.17, 15) is 5.11 Å². The number of aliphatic hydroxyl groups is 1. The molecule has 0 saturated carbocycles. The van der Waals surface area contributed by atoms with E-state index >= 15 is 0 Å². The summed E-state index contributed by atoms with van der Waals surface area (Å²) in [5, 5.41) is 10.4. The molecule has 1 aromatic carbocycles. The van der Waals surface area contributed by atoms with Crippen LogP contribution in [0.5, 0.6) is 11.5 Å². The standard InChI is InChI=1S/C18H24O3/c1-11-6-12(2)8-13(7-11)17-10-16(19)15-5-4-14(20-3)9-18(15)21-17/h4-6,9,11,13,16-17,19H,7-8,10H2,1-3H3/t11?,13?,16-,17?/m0/s1. The maximum absolute atomic E-state index is 10.4. The summed E-state index contributed by atoms with van der Waals surface area (Å²) in [6, 6.07) is 5.67. The monoisotopic (exact) mass is 288 g/mol. The number of rotatable bonds is 2. The molecule has 3 nitrogen and oxygen atoms in total. The molecule has 1 heterocycles. The zero-order chi connectivity index (χ0) is 15.0. The van der Waals surface area contributed by atoms with Crippen molar-refractivity contribution in [3.63, 3.8) is 0 Å². The van der Waals surface area contributed by atoms with Crippen molar-refractivity contribution in [1.29, 1.82) is 0 Å². The fourth-order valence-corrected chi connectivity index (χ4v) is 3.75. The molecule has 0 saturated heterocycles. The molecule has 1 aliphatic carbocycles. The van der Waals surface area contributed by atoms with E-state index in [2.05, 4.69) is 19.9 Å². The van der Waals surface area contributed by atoms with Crippen LogP contribution >= 0.6 is 0 Å². The summed E-state index contributed by atoms with van der Waals surface area (Å²) in [5.74, 6) is 2.63. The molecule has 2 aliphatic rings. The Morgan fingerprint density at radius 1 is 1.29 bits per heavy atom. The van der Waals surface area contributed by atoms with Crippen molar-refractivity contribution in [3.05, 3.63) is 35.4 Å². The summed E-state index contributed by atoms with van der Waals surface area (Å²) in [4.78, 5) is 0. The Balaban J connectivity index is 1.82. The highest BCUT2D eigenvalue weighted by molar-refractivity contribution is 5.43. The molecule has 1 aromatic rings. The maximum Gasteiger partial charge on any atom is 0.129 e. The van der Waals surface area contributed by atoms with Crippen molar-refractivity contribution in [2.75, 3.05) is 7.11 Å². The van der Waals surface area contributed by atoms with E-state index in [0.29, 0.717) is 18.3 Å². The van der Waals surface area contributed by atoms with Gasteiger partial charge in [0.25, 0.3) is 0 Å². The Labute approximate surface area is 126 Å². The SMILES string of the molecule is COc1ccc2c(c1)OC(C1CC(C)=CC(C)C1)C[C@@H]2O. The molecule has 0 spiro atoms. The van der Waals surface area contributed by atoms with Crippen molar-refractivity contribution >= 4 is 0 Å². The first-order valence-electron chi connectivity index (χ1n) is 7.76. The molecule has 0 aromatic heterocycles. The van der Waals surface area contributed by atoms with Gasteiger partial charge in [-0.05, 0) is 37.8 Å². The molecule has 3 heteroatoms.